The van der Waals surface area contributed by atoms with Crippen LogP contribution in [0.5, 0.6) is 0 Å². The lowest BCUT2D eigenvalue weighted by molar-refractivity contribution is -0.132. The minimum Gasteiger partial charge on any atom is -0.343 e. The zero-order valence-corrected chi connectivity index (χ0v) is 16.5. The summed E-state index contributed by atoms with van der Waals surface area (Å²) in [6, 6.07) is 5.19. The summed E-state index contributed by atoms with van der Waals surface area (Å²) < 4.78 is 40.0. The van der Waals surface area contributed by atoms with Gasteiger partial charge in [0, 0.05) is 26.1 Å². The number of halogens is 2. The summed E-state index contributed by atoms with van der Waals surface area (Å²) >= 11 is 0. The second kappa shape index (κ2) is 10.8. The first-order chi connectivity index (χ1) is 11.9. The number of nitrogens with one attached hydrogen (secondary N) is 2. The van der Waals surface area contributed by atoms with Crippen LogP contribution < -0.4 is 10.0 Å². The third-order valence-corrected chi connectivity index (χ3v) is 6.02. The van der Waals surface area contributed by atoms with Crippen molar-refractivity contribution in [2.45, 2.75) is 30.6 Å². The van der Waals surface area contributed by atoms with Crippen molar-refractivity contribution in [2.24, 2.45) is 5.92 Å². The van der Waals surface area contributed by atoms with Crippen LogP contribution in [0.15, 0.2) is 29.2 Å². The van der Waals surface area contributed by atoms with E-state index in [1.165, 1.54) is 18.2 Å². The Morgan fingerprint density at radius 1 is 1.23 bits per heavy atom. The van der Waals surface area contributed by atoms with Crippen molar-refractivity contribution < 1.29 is 17.6 Å². The average molecular weight is 408 g/mol. The second-order valence-electron chi connectivity index (χ2n) is 6.29. The molecule has 0 spiro atoms. The van der Waals surface area contributed by atoms with Crippen LogP contribution in [0, 0.1) is 11.7 Å². The predicted molar refractivity (Wildman–Crippen MR) is 101 cm³/mol. The number of carbonyl (C=O) groups excluding carboxylic acids is 1. The smallest absolute Gasteiger partial charge is 0.243 e. The molecule has 0 unspecified atom stereocenters. The summed E-state index contributed by atoms with van der Waals surface area (Å²) in [4.78, 5) is 13.6. The first-order valence-electron chi connectivity index (χ1n) is 8.60. The van der Waals surface area contributed by atoms with Crippen LogP contribution >= 0.6 is 12.4 Å². The highest BCUT2D eigenvalue weighted by atomic mass is 35.5. The van der Waals surface area contributed by atoms with Gasteiger partial charge >= 0.3 is 0 Å². The minimum absolute atomic E-state index is 0. The molecule has 0 bridgehead atoms. The van der Waals surface area contributed by atoms with Crippen LogP contribution in [-0.4, -0.2) is 52.5 Å². The lowest BCUT2D eigenvalue weighted by Gasteiger charge is -2.32. The fraction of sp³-hybridized carbons (Fsp3) is 0.588. The molecule has 2 N–H and O–H groups in total. The van der Waals surface area contributed by atoms with Gasteiger partial charge in [-0.05, 0) is 50.9 Å². The Morgan fingerprint density at radius 3 is 2.50 bits per heavy atom. The van der Waals surface area contributed by atoms with E-state index >= 15 is 0 Å². The highest BCUT2D eigenvalue weighted by Crippen LogP contribution is 2.20. The SMILES string of the molecule is CNCCC1CCN(C(=O)CCNS(=O)(=O)c2ccccc2F)CC1.Cl. The monoisotopic (exact) mass is 407 g/mol. The van der Waals surface area contributed by atoms with Crippen LogP contribution in [0.2, 0.25) is 0 Å². The molecule has 0 aliphatic carbocycles. The molecule has 1 heterocycles. The number of likely N-dealkylation sites (tertiary alicyclic amines) is 1. The molecule has 1 aromatic carbocycles. The molecule has 0 saturated carbocycles. The van der Waals surface area contributed by atoms with Crippen molar-refractivity contribution in [3.05, 3.63) is 30.1 Å². The van der Waals surface area contributed by atoms with E-state index in [9.17, 15) is 17.6 Å². The van der Waals surface area contributed by atoms with Gasteiger partial charge in [-0.15, -0.1) is 12.4 Å². The van der Waals surface area contributed by atoms with Gasteiger partial charge in [0.05, 0.1) is 0 Å². The van der Waals surface area contributed by atoms with Gasteiger partial charge in [0.25, 0.3) is 0 Å². The number of piperidine rings is 1. The van der Waals surface area contributed by atoms with Crippen molar-refractivity contribution >= 4 is 28.3 Å². The highest BCUT2D eigenvalue weighted by molar-refractivity contribution is 7.89. The first kappa shape index (κ1) is 22.8. The van der Waals surface area contributed by atoms with Crippen LogP contribution in [0.4, 0.5) is 4.39 Å². The zero-order valence-electron chi connectivity index (χ0n) is 14.9. The molecule has 1 amide bonds. The maximum Gasteiger partial charge on any atom is 0.243 e. The number of rotatable bonds is 8. The maximum atomic E-state index is 13.6. The van der Waals surface area contributed by atoms with Crippen molar-refractivity contribution in [3.63, 3.8) is 0 Å². The van der Waals surface area contributed by atoms with Gasteiger partial charge in [-0.25, -0.2) is 17.5 Å². The molecule has 6 nitrogen and oxygen atoms in total. The van der Waals surface area contributed by atoms with E-state index in [2.05, 4.69) is 10.0 Å². The topological polar surface area (TPSA) is 78.5 Å². The molecule has 2 rings (SSSR count). The number of carbonyl (C=O) groups is 1. The summed E-state index contributed by atoms with van der Waals surface area (Å²) in [6.45, 7) is 2.38. The maximum absolute atomic E-state index is 13.6. The Hall–Kier alpha value is -1.22. The van der Waals surface area contributed by atoms with Gasteiger partial charge in [-0.2, -0.15) is 0 Å². The van der Waals surface area contributed by atoms with Crippen LogP contribution in [0.3, 0.4) is 0 Å². The number of sulfonamides is 1. The molecule has 0 radical (unpaired) electrons. The van der Waals surface area contributed by atoms with Crippen molar-refractivity contribution in [1.29, 1.82) is 0 Å². The van der Waals surface area contributed by atoms with Gasteiger partial charge in [-0.3, -0.25) is 4.79 Å². The van der Waals surface area contributed by atoms with Crippen molar-refractivity contribution in [2.75, 3.05) is 33.2 Å². The molecule has 1 aromatic rings. The van der Waals surface area contributed by atoms with Crippen molar-refractivity contribution in [3.8, 4) is 0 Å². The normalized spacial score (nSPS) is 15.5. The van der Waals surface area contributed by atoms with E-state index in [1.54, 1.807) is 4.90 Å². The van der Waals surface area contributed by atoms with Gasteiger partial charge < -0.3 is 10.2 Å². The third-order valence-electron chi connectivity index (χ3n) is 4.53. The lowest BCUT2D eigenvalue weighted by atomic mass is 9.93. The molecule has 0 atom stereocenters. The molecule has 1 saturated heterocycles. The standard InChI is InChI=1S/C17H26FN3O3S.ClH/c1-19-10-6-14-8-12-21(13-9-14)17(22)7-11-20-25(23,24)16-5-3-2-4-15(16)18;/h2-5,14,19-20H,6-13H2,1H3;1H. The van der Waals surface area contributed by atoms with Crippen molar-refractivity contribution in [1.82, 2.24) is 14.9 Å². The van der Waals surface area contributed by atoms with E-state index in [-0.39, 0.29) is 31.3 Å². The number of benzene rings is 1. The fourth-order valence-corrected chi connectivity index (χ4v) is 4.12. The van der Waals surface area contributed by atoms with E-state index in [4.69, 9.17) is 0 Å². The minimum atomic E-state index is -3.94. The van der Waals surface area contributed by atoms with Gasteiger partial charge in [0.2, 0.25) is 15.9 Å². The zero-order chi connectivity index (χ0) is 18.3. The number of hydrogen-bond acceptors (Lipinski definition) is 4. The predicted octanol–water partition coefficient (Wildman–Crippen LogP) is 1.76. The molecule has 1 fully saturated rings. The second-order valence-corrected chi connectivity index (χ2v) is 8.03. The Bertz CT molecular complexity index is 680. The highest BCUT2D eigenvalue weighted by Gasteiger charge is 2.23. The summed E-state index contributed by atoms with van der Waals surface area (Å²) in [6.07, 6.45) is 3.15. The molecule has 1 aliphatic rings. The summed E-state index contributed by atoms with van der Waals surface area (Å²) in [5.41, 5.74) is 0. The molecule has 9 heteroatoms. The van der Waals surface area contributed by atoms with Gasteiger partial charge in [0.1, 0.15) is 10.7 Å². The molecular weight excluding hydrogens is 381 g/mol. The summed E-state index contributed by atoms with van der Waals surface area (Å²) in [7, 11) is -2.01. The first-order valence-corrected chi connectivity index (χ1v) is 10.1. The average Bonchev–Trinajstić information content (AvgIpc) is 2.60. The molecule has 148 valence electrons. The molecule has 1 aliphatic heterocycles. The Labute approximate surface area is 161 Å². The van der Waals surface area contributed by atoms with E-state index in [0.717, 1.165) is 31.9 Å². The van der Waals surface area contributed by atoms with Crippen LogP contribution in [0.25, 0.3) is 0 Å². The third kappa shape index (κ3) is 6.50. The fourth-order valence-electron chi connectivity index (χ4n) is 3.01. The number of hydrogen-bond donors (Lipinski definition) is 2. The number of amides is 1. The quantitative estimate of drug-likeness (QED) is 0.688. The van der Waals surface area contributed by atoms with E-state index in [1.807, 2.05) is 7.05 Å². The molecular formula is C17H27ClFN3O3S. The van der Waals surface area contributed by atoms with E-state index < -0.39 is 20.7 Å². The molecule has 0 aromatic heterocycles. The lowest BCUT2D eigenvalue weighted by Crippen LogP contribution is -2.40. The largest absolute Gasteiger partial charge is 0.343 e. The Balaban J connectivity index is 0.00000338. The van der Waals surface area contributed by atoms with Gasteiger partial charge in [0.15, 0.2) is 0 Å². The Kier molecular flexibility index (Phi) is 9.49. The van der Waals surface area contributed by atoms with Crippen LogP contribution in [0.1, 0.15) is 25.7 Å². The Morgan fingerprint density at radius 2 is 1.88 bits per heavy atom. The summed E-state index contributed by atoms with van der Waals surface area (Å²) in [5.74, 6) is -0.232. The van der Waals surface area contributed by atoms with Gasteiger partial charge in [-0.1, -0.05) is 12.1 Å². The van der Waals surface area contributed by atoms with E-state index in [0.29, 0.717) is 19.0 Å². The van der Waals surface area contributed by atoms with Crippen LogP contribution in [-0.2, 0) is 14.8 Å². The summed E-state index contributed by atoms with van der Waals surface area (Å²) in [5, 5.41) is 3.14. The molecule has 26 heavy (non-hydrogen) atoms. The number of nitrogens with zero attached hydrogens (tertiary/aromatic N) is 1.